The van der Waals surface area contributed by atoms with Crippen LogP contribution in [0.4, 0.5) is 0 Å². The summed E-state index contributed by atoms with van der Waals surface area (Å²) in [6, 6.07) is 0.364. The average molecular weight is 240 g/mol. The molecule has 3 heteroatoms. The van der Waals surface area contributed by atoms with E-state index >= 15 is 0 Å². The third-order valence-corrected chi connectivity index (χ3v) is 3.56. The van der Waals surface area contributed by atoms with Crippen molar-refractivity contribution in [3.05, 3.63) is 0 Å². The van der Waals surface area contributed by atoms with Gasteiger partial charge in [-0.05, 0) is 25.2 Å². The van der Waals surface area contributed by atoms with Crippen molar-refractivity contribution in [2.45, 2.75) is 66.1 Å². The minimum Gasteiger partial charge on any atom is -0.323 e. The minimum atomic E-state index is 0.233. The van der Waals surface area contributed by atoms with Crippen LogP contribution in [-0.2, 0) is 4.79 Å². The number of carbonyl (C=O) groups excluding carboxylic acids is 1. The molecule has 1 aliphatic heterocycles. The third-order valence-electron chi connectivity index (χ3n) is 3.56. The van der Waals surface area contributed by atoms with Gasteiger partial charge in [-0.25, -0.2) is 0 Å². The molecule has 2 atom stereocenters. The van der Waals surface area contributed by atoms with Crippen LogP contribution in [0.2, 0.25) is 0 Å². The lowest BCUT2D eigenvalue weighted by atomic mass is 10.0. The molecule has 1 N–H and O–H groups in total. The summed E-state index contributed by atoms with van der Waals surface area (Å²) in [4.78, 5) is 14.0. The Morgan fingerprint density at radius 2 is 1.88 bits per heavy atom. The zero-order valence-corrected chi connectivity index (χ0v) is 12.0. The monoisotopic (exact) mass is 240 g/mol. The van der Waals surface area contributed by atoms with Crippen molar-refractivity contribution in [3.8, 4) is 0 Å². The van der Waals surface area contributed by atoms with Gasteiger partial charge in [0.15, 0.2) is 0 Å². The lowest BCUT2D eigenvalue weighted by Gasteiger charge is -2.33. The predicted octanol–water partition coefficient (Wildman–Crippen LogP) is 2.62. The van der Waals surface area contributed by atoms with Crippen molar-refractivity contribution in [1.29, 1.82) is 0 Å². The second-order valence-corrected chi connectivity index (χ2v) is 6.04. The van der Waals surface area contributed by atoms with E-state index in [0.29, 0.717) is 18.5 Å². The number of carbonyl (C=O) groups is 1. The van der Waals surface area contributed by atoms with Crippen LogP contribution in [0.15, 0.2) is 0 Å². The highest BCUT2D eigenvalue weighted by molar-refractivity contribution is 5.81. The van der Waals surface area contributed by atoms with Crippen molar-refractivity contribution in [1.82, 2.24) is 10.2 Å². The molecule has 0 aromatic rings. The fourth-order valence-electron chi connectivity index (χ4n) is 2.57. The second-order valence-electron chi connectivity index (χ2n) is 6.04. The molecule has 1 amide bonds. The van der Waals surface area contributed by atoms with E-state index in [1.807, 2.05) is 0 Å². The molecule has 1 fully saturated rings. The SMILES string of the molecule is CC(C)CCCC(C)N1C(=O)CNC1C(C)C. The van der Waals surface area contributed by atoms with Crippen LogP contribution < -0.4 is 5.32 Å². The highest BCUT2D eigenvalue weighted by Gasteiger charge is 2.35. The smallest absolute Gasteiger partial charge is 0.238 e. The van der Waals surface area contributed by atoms with Gasteiger partial charge in [-0.2, -0.15) is 0 Å². The summed E-state index contributed by atoms with van der Waals surface area (Å²) in [5, 5.41) is 3.31. The normalized spacial score (nSPS) is 22.9. The van der Waals surface area contributed by atoms with E-state index < -0.39 is 0 Å². The number of amides is 1. The standard InChI is InChI=1S/C14H28N2O/c1-10(2)7-6-8-12(5)16-13(17)9-15-14(16)11(3)4/h10-12,14-15H,6-9H2,1-5H3. The van der Waals surface area contributed by atoms with Crippen LogP contribution in [0.25, 0.3) is 0 Å². The first-order chi connectivity index (χ1) is 7.93. The largest absolute Gasteiger partial charge is 0.323 e. The van der Waals surface area contributed by atoms with Crippen LogP contribution in [0.5, 0.6) is 0 Å². The molecule has 2 unspecified atom stereocenters. The van der Waals surface area contributed by atoms with Gasteiger partial charge in [0.2, 0.25) is 5.91 Å². The number of nitrogens with one attached hydrogen (secondary N) is 1. The maximum atomic E-state index is 11.9. The first-order valence-corrected chi connectivity index (χ1v) is 6.98. The van der Waals surface area contributed by atoms with E-state index in [-0.39, 0.29) is 12.1 Å². The van der Waals surface area contributed by atoms with E-state index in [1.54, 1.807) is 0 Å². The van der Waals surface area contributed by atoms with Crippen LogP contribution in [-0.4, -0.2) is 29.6 Å². The zero-order chi connectivity index (χ0) is 13.0. The molecule has 0 bridgehead atoms. The molecule has 1 rings (SSSR count). The Hall–Kier alpha value is -0.570. The van der Waals surface area contributed by atoms with Crippen LogP contribution in [0.1, 0.15) is 53.9 Å². The molecule has 17 heavy (non-hydrogen) atoms. The lowest BCUT2D eigenvalue weighted by Crippen LogP contribution is -2.46. The van der Waals surface area contributed by atoms with Gasteiger partial charge in [-0.3, -0.25) is 10.1 Å². The van der Waals surface area contributed by atoms with Gasteiger partial charge < -0.3 is 4.90 Å². The van der Waals surface area contributed by atoms with Crippen LogP contribution in [0.3, 0.4) is 0 Å². The minimum absolute atomic E-state index is 0.233. The quantitative estimate of drug-likeness (QED) is 0.774. The fraction of sp³-hybridized carbons (Fsp3) is 0.929. The summed E-state index contributed by atoms with van der Waals surface area (Å²) in [7, 11) is 0. The Balaban J connectivity index is 2.47. The number of rotatable bonds is 6. The highest BCUT2D eigenvalue weighted by Crippen LogP contribution is 2.20. The molecule has 1 saturated heterocycles. The summed E-state index contributed by atoms with van der Waals surface area (Å²) in [5.41, 5.74) is 0. The van der Waals surface area contributed by atoms with Crippen LogP contribution >= 0.6 is 0 Å². The van der Waals surface area contributed by atoms with E-state index in [0.717, 1.165) is 12.3 Å². The van der Waals surface area contributed by atoms with Gasteiger partial charge >= 0.3 is 0 Å². The molecule has 0 radical (unpaired) electrons. The second kappa shape index (κ2) is 6.39. The predicted molar refractivity (Wildman–Crippen MR) is 71.6 cm³/mol. The summed E-state index contributed by atoms with van der Waals surface area (Å²) < 4.78 is 0. The molecular weight excluding hydrogens is 212 g/mol. The summed E-state index contributed by atoms with van der Waals surface area (Å²) in [6.45, 7) is 11.5. The summed E-state index contributed by atoms with van der Waals surface area (Å²) in [6.07, 6.45) is 3.82. The molecule has 1 aliphatic rings. The van der Waals surface area contributed by atoms with Crippen LogP contribution in [0, 0.1) is 11.8 Å². The van der Waals surface area contributed by atoms with Gasteiger partial charge in [0.25, 0.3) is 0 Å². The van der Waals surface area contributed by atoms with E-state index in [4.69, 9.17) is 0 Å². The van der Waals surface area contributed by atoms with Gasteiger partial charge in [0.05, 0.1) is 12.7 Å². The van der Waals surface area contributed by atoms with E-state index in [1.165, 1.54) is 12.8 Å². The van der Waals surface area contributed by atoms with Gasteiger partial charge in [-0.1, -0.05) is 40.5 Å². The molecule has 0 aliphatic carbocycles. The number of nitrogens with zero attached hydrogens (tertiary/aromatic N) is 1. The first-order valence-electron chi connectivity index (χ1n) is 6.98. The Morgan fingerprint density at radius 3 is 2.41 bits per heavy atom. The Morgan fingerprint density at radius 1 is 1.24 bits per heavy atom. The Labute approximate surface area is 106 Å². The van der Waals surface area contributed by atoms with E-state index in [9.17, 15) is 4.79 Å². The topological polar surface area (TPSA) is 32.3 Å². The maximum absolute atomic E-state index is 11.9. The zero-order valence-electron chi connectivity index (χ0n) is 12.0. The molecule has 100 valence electrons. The van der Waals surface area contributed by atoms with Gasteiger partial charge in [0, 0.05) is 6.04 Å². The van der Waals surface area contributed by atoms with Gasteiger partial charge in [-0.15, -0.1) is 0 Å². The molecule has 0 saturated carbocycles. The highest BCUT2D eigenvalue weighted by atomic mass is 16.2. The van der Waals surface area contributed by atoms with Crippen molar-refractivity contribution in [3.63, 3.8) is 0 Å². The molecule has 0 aromatic heterocycles. The maximum Gasteiger partial charge on any atom is 0.238 e. The van der Waals surface area contributed by atoms with Crippen molar-refractivity contribution in [2.24, 2.45) is 11.8 Å². The Bertz CT molecular complexity index is 251. The first kappa shape index (κ1) is 14.5. The fourth-order valence-corrected chi connectivity index (χ4v) is 2.57. The van der Waals surface area contributed by atoms with E-state index in [2.05, 4.69) is 44.8 Å². The lowest BCUT2D eigenvalue weighted by molar-refractivity contribution is -0.130. The number of hydrogen-bond acceptors (Lipinski definition) is 2. The van der Waals surface area contributed by atoms with Crippen molar-refractivity contribution < 1.29 is 4.79 Å². The summed E-state index contributed by atoms with van der Waals surface area (Å²) >= 11 is 0. The molecule has 1 heterocycles. The molecule has 3 nitrogen and oxygen atoms in total. The number of hydrogen-bond donors (Lipinski definition) is 1. The third kappa shape index (κ3) is 3.98. The van der Waals surface area contributed by atoms with Gasteiger partial charge in [0.1, 0.15) is 0 Å². The average Bonchev–Trinajstić information content (AvgIpc) is 2.59. The van der Waals surface area contributed by atoms with Crippen molar-refractivity contribution in [2.75, 3.05) is 6.54 Å². The molecular formula is C14H28N2O. The molecule has 0 spiro atoms. The Kier molecular flexibility index (Phi) is 5.44. The van der Waals surface area contributed by atoms with Crippen molar-refractivity contribution >= 4 is 5.91 Å². The molecule has 0 aromatic carbocycles. The summed E-state index contributed by atoms with van der Waals surface area (Å²) in [5.74, 6) is 1.50.